The molecule has 24 heavy (non-hydrogen) atoms. The highest BCUT2D eigenvalue weighted by molar-refractivity contribution is 6.30. The number of fused-ring (bicyclic) bond motifs is 1. The summed E-state index contributed by atoms with van der Waals surface area (Å²) >= 11 is 5.95. The van der Waals surface area contributed by atoms with E-state index in [4.69, 9.17) is 21.1 Å². The molecule has 0 unspecified atom stereocenters. The third kappa shape index (κ3) is 3.22. The average molecular weight is 344 g/mol. The Balaban J connectivity index is 2.03. The predicted octanol–water partition coefficient (Wildman–Crippen LogP) is 3.91. The first-order valence-corrected chi connectivity index (χ1v) is 7.96. The van der Waals surface area contributed by atoms with Gasteiger partial charge in [-0.3, -0.25) is 4.79 Å². The van der Waals surface area contributed by atoms with Crippen molar-refractivity contribution in [3.8, 4) is 0 Å². The molecule has 1 heterocycles. The molecule has 4 nitrogen and oxygen atoms in total. The summed E-state index contributed by atoms with van der Waals surface area (Å²) in [5.74, 6) is -0.0510. The number of carbonyl (C=O) groups is 1. The Morgan fingerprint density at radius 3 is 2.29 bits per heavy atom. The molecule has 3 rings (SSSR count). The van der Waals surface area contributed by atoms with E-state index < -0.39 is 6.29 Å². The molecule has 0 N–H and O–H groups in total. The van der Waals surface area contributed by atoms with Gasteiger partial charge in [0.25, 0.3) is 5.91 Å². The fourth-order valence-electron chi connectivity index (χ4n) is 2.74. The van der Waals surface area contributed by atoms with Crippen molar-refractivity contribution in [2.75, 3.05) is 20.8 Å². The van der Waals surface area contributed by atoms with Crippen LogP contribution >= 0.6 is 11.6 Å². The van der Waals surface area contributed by atoms with Crippen molar-refractivity contribution >= 4 is 29.3 Å². The molecule has 0 saturated carbocycles. The van der Waals surface area contributed by atoms with Crippen molar-refractivity contribution in [1.29, 1.82) is 0 Å². The van der Waals surface area contributed by atoms with E-state index in [0.29, 0.717) is 17.1 Å². The topological polar surface area (TPSA) is 38.8 Å². The fourth-order valence-corrected chi connectivity index (χ4v) is 2.87. The molecule has 0 radical (unpaired) electrons. The standard InChI is InChI=1S/C19H18ClNO3/c1-23-18(24-2)12-21-17(11-13-7-9-14(20)10-8-13)15-5-3-4-6-16(15)19(21)22/h3-11,18H,12H2,1-2H3/b17-11+. The number of rotatable bonds is 5. The number of nitrogens with zero attached hydrogens (tertiary/aromatic N) is 1. The lowest BCUT2D eigenvalue weighted by Gasteiger charge is -2.23. The number of carbonyl (C=O) groups excluding carboxylic acids is 1. The first-order chi connectivity index (χ1) is 11.6. The molecule has 0 aromatic heterocycles. The second kappa shape index (κ2) is 7.18. The van der Waals surface area contributed by atoms with Crippen molar-refractivity contribution in [1.82, 2.24) is 4.90 Å². The Morgan fingerprint density at radius 1 is 1.04 bits per heavy atom. The van der Waals surface area contributed by atoms with Crippen molar-refractivity contribution in [2.45, 2.75) is 6.29 Å². The monoisotopic (exact) mass is 343 g/mol. The molecule has 1 aliphatic rings. The van der Waals surface area contributed by atoms with Crippen molar-refractivity contribution < 1.29 is 14.3 Å². The van der Waals surface area contributed by atoms with Crippen LogP contribution in [0.3, 0.4) is 0 Å². The summed E-state index contributed by atoms with van der Waals surface area (Å²) in [4.78, 5) is 14.5. The summed E-state index contributed by atoms with van der Waals surface area (Å²) in [5, 5.41) is 0.677. The summed E-state index contributed by atoms with van der Waals surface area (Å²) in [6.45, 7) is 0.319. The molecule has 1 aliphatic heterocycles. The number of hydrogen-bond acceptors (Lipinski definition) is 3. The first-order valence-electron chi connectivity index (χ1n) is 7.58. The average Bonchev–Trinajstić information content (AvgIpc) is 2.87. The van der Waals surface area contributed by atoms with Crippen LogP contribution in [-0.4, -0.2) is 37.9 Å². The summed E-state index contributed by atoms with van der Waals surface area (Å²) in [7, 11) is 3.12. The van der Waals surface area contributed by atoms with Gasteiger partial charge in [0.1, 0.15) is 0 Å². The summed E-state index contributed by atoms with van der Waals surface area (Å²) < 4.78 is 10.5. The van der Waals surface area contributed by atoms with Gasteiger partial charge in [-0.1, -0.05) is 41.9 Å². The smallest absolute Gasteiger partial charge is 0.259 e. The second-order valence-corrected chi connectivity index (χ2v) is 5.88. The maximum atomic E-state index is 12.8. The van der Waals surface area contributed by atoms with E-state index >= 15 is 0 Å². The molecular formula is C19H18ClNO3. The number of ether oxygens (including phenoxy) is 2. The highest BCUT2D eigenvalue weighted by Crippen LogP contribution is 2.34. The molecule has 124 valence electrons. The van der Waals surface area contributed by atoms with Crippen LogP contribution in [0.25, 0.3) is 11.8 Å². The van der Waals surface area contributed by atoms with E-state index in [1.54, 1.807) is 19.1 Å². The van der Waals surface area contributed by atoms with E-state index in [0.717, 1.165) is 16.8 Å². The van der Waals surface area contributed by atoms with Crippen LogP contribution in [-0.2, 0) is 9.47 Å². The maximum Gasteiger partial charge on any atom is 0.259 e. The predicted molar refractivity (Wildman–Crippen MR) is 94.6 cm³/mol. The number of amides is 1. The van der Waals surface area contributed by atoms with Gasteiger partial charge in [0, 0.05) is 30.4 Å². The zero-order chi connectivity index (χ0) is 17.1. The van der Waals surface area contributed by atoms with Crippen LogP contribution < -0.4 is 0 Å². The van der Waals surface area contributed by atoms with Gasteiger partial charge in [0.2, 0.25) is 0 Å². The number of halogens is 1. The molecule has 5 heteroatoms. The van der Waals surface area contributed by atoms with Gasteiger partial charge in [-0.25, -0.2) is 0 Å². The molecule has 2 aromatic carbocycles. The van der Waals surface area contributed by atoms with E-state index in [1.807, 2.05) is 54.6 Å². The fraction of sp³-hybridized carbons (Fsp3) is 0.211. The van der Waals surface area contributed by atoms with Gasteiger partial charge in [-0.05, 0) is 29.8 Å². The highest BCUT2D eigenvalue weighted by atomic mass is 35.5. The minimum atomic E-state index is -0.489. The molecular weight excluding hydrogens is 326 g/mol. The zero-order valence-electron chi connectivity index (χ0n) is 13.5. The van der Waals surface area contributed by atoms with E-state index in [2.05, 4.69) is 0 Å². The van der Waals surface area contributed by atoms with Crippen LogP contribution in [0.4, 0.5) is 0 Å². The number of methoxy groups -OCH3 is 2. The van der Waals surface area contributed by atoms with Gasteiger partial charge in [0.05, 0.1) is 12.2 Å². The Hall–Kier alpha value is -2.14. The minimum Gasteiger partial charge on any atom is -0.354 e. The lowest BCUT2D eigenvalue weighted by molar-refractivity contribution is -0.107. The largest absolute Gasteiger partial charge is 0.354 e. The Bertz CT molecular complexity index is 766. The van der Waals surface area contributed by atoms with Gasteiger partial charge >= 0.3 is 0 Å². The summed E-state index contributed by atoms with van der Waals surface area (Å²) in [6, 6.07) is 15.1. The molecule has 2 aromatic rings. The lowest BCUT2D eigenvalue weighted by atomic mass is 10.1. The third-order valence-electron chi connectivity index (χ3n) is 4.00. The van der Waals surface area contributed by atoms with Crippen LogP contribution in [0, 0.1) is 0 Å². The quantitative estimate of drug-likeness (QED) is 0.772. The van der Waals surface area contributed by atoms with Crippen LogP contribution in [0.2, 0.25) is 5.02 Å². The van der Waals surface area contributed by atoms with Gasteiger partial charge in [-0.2, -0.15) is 0 Å². The number of benzene rings is 2. The van der Waals surface area contributed by atoms with Gasteiger partial charge in [-0.15, -0.1) is 0 Å². The van der Waals surface area contributed by atoms with Crippen LogP contribution in [0.5, 0.6) is 0 Å². The Kier molecular flexibility index (Phi) is 5.00. The van der Waals surface area contributed by atoms with Crippen LogP contribution in [0.1, 0.15) is 21.5 Å². The summed E-state index contributed by atoms with van der Waals surface area (Å²) in [5.41, 5.74) is 3.39. The minimum absolute atomic E-state index is 0.0510. The molecule has 0 saturated heterocycles. The van der Waals surface area contributed by atoms with Gasteiger partial charge < -0.3 is 14.4 Å². The summed E-state index contributed by atoms with van der Waals surface area (Å²) in [6.07, 6.45) is 1.49. The second-order valence-electron chi connectivity index (χ2n) is 5.44. The Morgan fingerprint density at radius 2 is 1.67 bits per heavy atom. The highest BCUT2D eigenvalue weighted by Gasteiger charge is 2.33. The van der Waals surface area contributed by atoms with Crippen molar-refractivity contribution in [3.63, 3.8) is 0 Å². The molecule has 0 spiro atoms. The normalized spacial score (nSPS) is 15.4. The molecule has 0 aliphatic carbocycles. The first kappa shape index (κ1) is 16.7. The molecule has 0 fully saturated rings. The van der Waals surface area contributed by atoms with Crippen molar-refractivity contribution in [3.05, 3.63) is 70.2 Å². The Labute approximate surface area is 146 Å². The molecule has 0 bridgehead atoms. The third-order valence-corrected chi connectivity index (χ3v) is 4.25. The number of hydrogen-bond donors (Lipinski definition) is 0. The maximum absolute atomic E-state index is 12.8. The SMILES string of the molecule is COC(CN1C(=O)c2ccccc2/C1=C\c1ccc(Cl)cc1)OC. The van der Waals surface area contributed by atoms with Crippen molar-refractivity contribution in [2.24, 2.45) is 0 Å². The van der Waals surface area contributed by atoms with E-state index in [-0.39, 0.29) is 5.91 Å². The van der Waals surface area contributed by atoms with E-state index in [1.165, 1.54) is 0 Å². The lowest BCUT2D eigenvalue weighted by Crippen LogP contribution is -2.34. The van der Waals surface area contributed by atoms with Crippen LogP contribution in [0.15, 0.2) is 48.5 Å². The van der Waals surface area contributed by atoms with Gasteiger partial charge in [0.15, 0.2) is 6.29 Å². The zero-order valence-corrected chi connectivity index (χ0v) is 14.3. The molecule has 1 amide bonds. The van der Waals surface area contributed by atoms with E-state index in [9.17, 15) is 4.79 Å². The molecule has 0 atom stereocenters.